The van der Waals surface area contributed by atoms with Gasteiger partial charge in [0.1, 0.15) is 0 Å². The second-order valence-corrected chi connectivity index (χ2v) is 7.65. The summed E-state index contributed by atoms with van der Waals surface area (Å²) in [7, 11) is 0. The summed E-state index contributed by atoms with van der Waals surface area (Å²) in [6.45, 7) is 3.95. The van der Waals surface area contributed by atoms with E-state index in [1.165, 1.54) is 16.7 Å². The molecule has 4 rings (SSSR count). The standard InChI is InChI=1S/C26H29NO2/c1-4-10-22(11-5-1)18-27-17-16-26(29-20-24-14-8-3-9-15-24)25(27)21-28-19-23-12-6-2-7-13-23/h1-15,25-26H,16-21H2/t25-,26+/m1/s1. The Morgan fingerprint density at radius 3 is 1.86 bits per heavy atom. The highest BCUT2D eigenvalue weighted by atomic mass is 16.5. The normalized spacial score (nSPS) is 19.4. The third kappa shape index (κ3) is 5.77. The van der Waals surface area contributed by atoms with Gasteiger partial charge in [-0.25, -0.2) is 0 Å². The molecule has 0 N–H and O–H groups in total. The molecule has 3 heteroatoms. The summed E-state index contributed by atoms with van der Waals surface area (Å²) in [6, 6.07) is 31.7. The average Bonchev–Trinajstić information content (AvgIpc) is 3.16. The van der Waals surface area contributed by atoms with Gasteiger partial charge in [0.2, 0.25) is 0 Å². The summed E-state index contributed by atoms with van der Waals surface area (Å²) >= 11 is 0. The molecule has 1 aliphatic rings. The van der Waals surface area contributed by atoms with Gasteiger partial charge in [0.25, 0.3) is 0 Å². The Morgan fingerprint density at radius 1 is 0.690 bits per heavy atom. The summed E-state index contributed by atoms with van der Waals surface area (Å²) in [5, 5.41) is 0. The van der Waals surface area contributed by atoms with Crippen LogP contribution in [0, 0.1) is 0 Å². The predicted molar refractivity (Wildman–Crippen MR) is 116 cm³/mol. The highest BCUT2D eigenvalue weighted by molar-refractivity contribution is 5.16. The Labute approximate surface area is 173 Å². The lowest BCUT2D eigenvalue weighted by atomic mass is 10.1. The lowest BCUT2D eigenvalue weighted by molar-refractivity contribution is -0.0236. The fourth-order valence-electron chi connectivity index (χ4n) is 3.96. The summed E-state index contributed by atoms with van der Waals surface area (Å²) in [5.41, 5.74) is 3.77. The van der Waals surface area contributed by atoms with Gasteiger partial charge >= 0.3 is 0 Å². The molecule has 0 radical (unpaired) electrons. The van der Waals surface area contributed by atoms with E-state index < -0.39 is 0 Å². The van der Waals surface area contributed by atoms with Gasteiger partial charge in [-0.2, -0.15) is 0 Å². The number of hydrogen-bond donors (Lipinski definition) is 0. The Morgan fingerprint density at radius 2 is 1.24 bits per heavy atom. The molecule has 1 aliphatic heterocycles. The smallest absolute Gasteiger partial charge is 0.0769 e. The van der Waals surface area contributed by atoms with Crippen molar-refractivity contribution in [2.45, 2.75) is 38.3 Å². The van der Waals surface area contributed by atoms with E-state index in [-0.39, 0.29) is 12.1 Å². The fourth-order valence-corrected chi connectivity index (χ4v) is 3.96. The molecule has 29 heavy (non-hydrogen) atoms. The molecule has 0 spiro atoms. The molecule has 0 aliphatic carbocycles. The average molecular weight is 388 g/mol. The van der Waals surface area contributed by atoms with Crippen molar-refractivity contribution in [2.24, 2.45) is 0 Å². The quantitative estimate of drug-likeness (QED) is 0.512. The highest BCUT2D eigenvalue weighted by Gasteiger charge is 2.35. The van der Waals surface area contributed by atoms with Gasteiger partial charge in [0.15, 0.2) is 0 Å². The van der Waals surface area contributed by atoms with Crippen LogP contribution in [0.2, 0.25) is 0 Å². The maximum atomic E-state index is 6.35. The SMILES string of the molecule is c1ccc(COC[C@@H]2[C@@H](OCc3ccccc3)CCN2Cc2ccccc2)cc1. The van der Waals surface area contributed by atoms with Crippen molar-refractivity contribution >= 4 is 0 Å². The molecule has 1 heterocycles. The topological polar surface area (TPSA) is 21.7 Å². The van der Waals surface area contributed by atoms with E-state index in [4.69, 9.17) is 9.47 Å². The van der Waals surface area contributed by atoms with Gasteiger partial charge in [-0.1, -0.05) is 91.0 Å². The Balaban J connectivity index is 1.38. The summed E-state index contributed by atoms with van der Waals surface area (Å²) in [4.78, 5) is 2.51. The molecular weight excluding hydrogens is 358 g/mol. The first kappa shape index (κ1) is 19.8. The molecule has 0 bridgehead atoms. The Kier molecular flexibility index (Phi) is 7.08. The highest BCUT2D eigenvalue weighted by Crippen LogP contribution is 2.25. The molecule has 1 fully saturated rings. The fraction of sp³-hybridized carbons (Fsp3) is 0.308. The van der Waals surface area contributed by atoms with Gasteiger partial charge < -0.3 is 9.47 Å². The van der Waals surface area contributed by atoms with Crippen molar-refractivity contribution in [1.82, 2.24) is 4.90 Å². The lowest BCUT2D eigenvalue weighted by Gasteiger charge is -2.28. The number of rotatable bonds is 9. The van der Waals surface area contributed by atoms with Crippen molar-refractivity contribution in [2.75, 3.05) is 13.2 Å². The first-order chi connectivity index (χ1) is 14.4. The van der Waals surface area contributed by atoms with Crippen LogP contribution in [0.5, 0.6) is 0 Å². The first-order valence-corrected chi connectivity index (χ1v) is 10.4. The van der Waals surface area contributed by atoms with Gasteiger partial charge in [0.05, 0.1) is 32.0 Å². The minimum absolute atomic E-state index is 0.190. The molecule has 3 nitrogen and oxygen atoms in total. The first-order valence-electron chi connectivity index (χ1n) is 10.4. The minimum atomic E-state index is 0.190. The van der Waals surface area contributed by atoms with Crippen molar-refractivity contribution < 1.29 is 9.47 Å². The molecule has 2 atom stereocenters. The molecule has 0 aromatic heterocycles. The number of nitrogens with zero attached hydrogens (tertiary/aromatic N) is 1. The van der Waals surface area contributed by atoms with E-state index in [9.17, 15) is 0 Å². The van der Waals surface area contributed by atoms with Crippen LogP contribution in [0.4, 0.5) is 0 Å². The molecule has 3 aromatic rings. The molecule has 0 unspecified atom stereocenters. The van der Waals surface area contributed by atoms with Crippen LogP contribution in [0.25, 0.3) is 0 Å². The third-order valence-corrected chi connectivity index (χ3v) is 5.53. The van der Waals surface area contributed by atoms with Crippen LogP contribution in [0.1, 0.15) is 23.1 Å². The van der Waals surface area contributed by atoms with E-state index in [0.29, 0.717) is 19.8 Å². The summed E-state index contributed by atoms with van der Waals surface area (Å²) < 4.78 is 12.5. The van der Waals surface area contributed by atoms with Gasteiger partial charge in [-0.05, 0) is 23.1 Å². The van der Waals surface area contributed by atoms with Crippen LogP contribution < -0.4 is 0 Å². The van der Waals surface area contributed by atoms with Crippen LogP contribution in [0.3, 0.4) is 0 Å². The maximum absolute atomic E-state index is 6.35. The number of hydrogen-bond acceptors (Lipinski definition) is 3. The van der Waals surface area contributed by atoms with Crippen molar-refractivity contribution in [3.05, 3.63) is 108 Å². The number of likely N-dealkylation sites (tertiary alicyclic amines) is 1. The zero-order valence-electron chi connectivity index (χ0n) is 16.8. The predicted octanol–water partition coefficient (Wildman–Crippen LogP) is 5.06. The zero-order chi connectivity index (χ0) is 19.7. The molecule has 150 valence electrons. The van der Waals surface area contributed by atoms with Crippen molar-refractivity contribution in [3.8, 4) is 0 Å². The van der Waals surface area contributed by atoms with Crippen LogP contribution in [-0.2, 0) is 29.2 Å². The molecule has 0 amide bonds. The summed E-state index contributed by atoms with van der Waals surface area (Å²) in [6.07, 6.45) is 1.23. The number of benzene rings is 3. The van der Waals surface area contributed by atoms with E-state index in [1.54, 1.807) is 0 Å². The lowest BCUT2D eigenvalue weighted by Crippen LogP contribution is -2.39. The van der Waals surface area contributed by atoms with Crippen molar-refractivity contribution in [3.63, 3.8) is 0 Å². The molecule has 3 aromatic carbocycles. The van der Waals surface area contributed by atoms with E-state index in [1.807, 2.05) is 12.1 Å². The minimum Gasteiger partial charge on any atom is -0.375 e. The Bertz CT molecular complexity index is 838. The zero-order valence-corrected chi connectivity index (χ0v) is 16.8. The van der Waals surface area contributed by atoms with Crippen LogP contribution >= 0.6 is 0 Å². The molecule has 0 saturated carbocycles. The van der Waals surface area contributed by atoms with E-state index in [2.05, 4.69) is 83.8 Å². The van der Waals surface area contributed by atoms with E-state index >= 15 is 0 Å². The van der Waals surface area contributed by atoms with Crippen LogP contribution in [-0.4, -0.2) is 30.2 Å². The number of ether oxygens (including phenoxy) is 2. The largest absolute Gasteiger partial charge is 0.375 e. The summed E-state index contributed by atoms with van der Waals surface area (Å²) in [5.74, 6) is 0. The third-order valence-electron chi connectivity index (χ3n) is 5.53. The molecular formula is C26H29NO2. The van der Waals surface area contributed by atoms with Gasteiger partial charge in [-0.15, -0.1) is 0 Å². The monoisotopic (exact) mass is 387 g/mol. The second-order valence-electron chi connectivity index (χ2n) is 7.65. The second kappa shape index (κ2) is 10.4. The maximum Gasteiger partial charge on any atom is 0.0769 e. The molecule has 1 saturated heterocycles. The van der Waals surface area contributed by atoms with Crippen molar-refractivity contribution in [1.29, 1.82) is 0 Å². The van der Waals surface area contributed by atoms with Crippen LogP contribution in [0.15, 0.2) is 91.0 Å². The van der Waals surface area contributed by atoms with E-state index in [0.717, 1.165) is 19.5 Å². The Hall–Kier alpha value is -2.46. The van der Waals surface area contributed by atoms with Gasteiger partial charge in [-0.3, -0.25) is 4.90 Å². The van der Waals surface area contributed by atoms with Gasteiger partial charge in [0, 0.05) is 13.1 Å².